The van der Waals surface area contributed by atoms with Gasteiger partial charge < -0.3 is 14.8 Å². The number of carbonyl (C=O) groups is 1. The van der Waals surface area contributed by atoms with E-state index in [1.165, 1.54) is 12.1 Å². The Bertz CT molecular complexity index is 698. The van der Waals surface area contributed by atoms with Crippen molar-refractivity contribution in [2.24, 2.45) is 0 Å². The van der Waals surface area contributed by atoms with Crippen molar-refractivity contribution in [2.45, 2.75) is 26.0 Å². The lowest BCUT2D eigenvalue weighted by Crippen LogP contribution is -2.23. The van der Waals surface area contributed by atoms with Gasteiger partial charge in [0.2, 0.25) is 5.91 Å². The highest BCUT2D eigenvalue weighted by molar-refractivity contribution is 9.10. The van der Waals surface area contributed by atoms with E-state index in [9.17, 15) is 13.6 Å². The molecule has 7 heteroatoms. The highest BCUT2D eigenvalue weighted by Crippen LogP contribution is 2.18. The molecule has 0 aromatic heterocycles. The minimum absolute atomic E-state index is 0.0733. The molecule has 0 saturated heterocycles. The van der Waals surface area contributed by atoms with Crippen molar-refractivity contribution in [3.05, 3.63) is 58.6 Å². The van der Waals surface area contributed by atoms with Crippen molar-refractivity contribution in [3.8, 4) is 11.5 Å². The molecule has 2 aromatic rings. The highest BCUT2D eigenvalue weighted by atomic mass is 79.9. The maximum absolute atomic E-state index is 12.2. The van der Waals surface area contributed by atoms with E-state index in [-0.39, 0.29) is 18.2 Å². The van der Waals surface area contributed by atoms with Crippen LogP contribution in [0.5, 0.6) is 11.5 Å². The van der Waals surface area contributed by atoms with Gasteiger partial charge in [-0.1, -0.05) is 34.1 Å². The third-order valence-corrected chi connectivity index (χ3v) is 3.72. The van der Waals surface area contributed by atoms with Gasteiger partial charge in [0.1, 0.15) is 11.5 Å². The van der Waals surface area contributed by atoms with Crippen LogP contribution in [0.15, 0.2) is 53.0 Å². The molecular weight excluding hydrogens is 396 g/mol. The van der Waals surface area contributed by atoms with Crippen LogP contribution >= 0.6 is 15.9 Å². The monoisotopic (exact) mass is 413 g/mol. The molecule has 4 nitrogen and oxygen atoms in total. The Morgan fingerprint density at radius 3 is 2.64 bits per heavy atom. The Labute approximate surface area is 153 Å². The summed E-state index contributed by atoms with van der Waals surface area (Å²) >= 11 is 3.36. The molecule has 0 unspecified atom stereocenters. The number of hydrogen-bond acceptors (Lipinski definition) is 3. The second-order valence-corrected chi connectivity index (χ2v) is 6.13. The number of ether oxygens (including phenoxy) is 2. The summed E-state index contributed by atoms with van der Waals surface area (Å²) in [6, 6.07) is 13.7. The summed E-state index contributed by atoms with van der Waals surface area (Å²) in [6.07, 6.45) is 0.897. The number of hydrogen-bond donors (Lipinski definition) is 1. The molecular formula is C18H18BrF2NO3. The van der Waals surface area contributed by atoms with Gasteiger partial charge in [-0.05, 0) is 42.3 Å². The van der Waals surface area contributed by atoms with Crippen LogP contribution in [0.1, 0.15) is 18.4 Å². The van der Waals surface area contributed by atoms with Crippen LogP contribution in [0.3, 0.4) is 0 Å². The van der Waals surface area contributed by atoms with Gasteiger partial charge in [-0.15, -0.1) is 0 Å². The van der Waals surface area contributed by atoms with E-state index in [1.807, 2.05) is 24.3 Å². The van der Waals surface area contributed by atoms with Gasteiger partial charge in [0.05, 0.1) is 6.61 Å². The minimum Gasteiger partial charge on any atom is -0.494 e. The highest BCUT2D eigenvalue weighted by Gasteiger charge is 2.06. The quantitative estimate of drug-likeness (QED) is 0.614. The zero-order chi connectivity index (χ0) is 18.1. The molecule has 0 heterocycles. The number of halogens is 3. The van der Waals surface area contributed by atoms with E-state index in [0.29, 0.717) is 25.0 Å². The fourth-order valence-corrected chi connectivity index (χ4v) is 2.48. The molecule has 0 aliphatic heterocycles. The number of nitrogens with one attached hydrogen (secondary N) is 1. The summed E-state index contributed by atoms with van der Waals surface area (Å²) in [5.74, 6) is 0.688. The standard InChI is InChI=1S/C18H18BrF2NO3/c19-14-5-2-6-15(11-14)24-9-3-8-17(23)22-12-13-4-1-7-16(10-13)25-18(20)21/h1-2,4-7,10-11,18H,3,8-9,12H2,(H,22,23). The molecule has 0 radical (unpaired) electrons. The number of benzene rings is 2. The molecule has 1 amide bonds. The topological polar surface area (TPSA) is 47.6 Å². The molecule has 25 heavy (non-hydrogen) atoms. The van der Waals surface area contributed by atoms with Gasteiger partial charge in [-0.2, -0.15) is 8.78 Å². The molecule has 0 aliphatic carbocycles. The number of rotatable bonds is 9. The van der Waals surface area contributed by atoms with Crippen LogP contribution in [0.2, 0.25) is 0 Å². The summed E-state index contributed by atoms with van der Waals surface area (Å²) < 4.78 is 35.2. The Morgan fingerprint density at radius 1 is 1.12 bits per heavy atom. The molecule has 134 valence electrons. The van der Waals surface area contributed by atoms with Crippen LogP contribution in [0.25, 0.3) is 0 Å². The van der Waals surface area contributed by atoms with Gasteiger partial charge in [0.25, 0.3) is 0 Å². The Kier molecular flexibility index (Phi) is 7.66. The third-order valence-electron chi connectivity index (χ3n) is 3.23. The lowest BCUT2D eigenvalue weighted by Gasteiger charge is -2.09. The van der Waals surface area contributed by atoms with E-state index < -0.39 is 6.61 Å². The normalized spacial score (nSPS) is 10.6. The average molecular weight is 414 g/mol. The zero-order valence-electron chi connectivity index (χ0n) is 13.4. The minimum atomic E-state index is -2.87. The SMILES string of the molecule is O=C(CCCOc1cccc(Br)c1)NCc1cccc(OC(F)F)c1. The van der Waals surface area contributed by atoms with E-state index in [1.54, 1.807) is 12.1 Å². The molecule has 0 aliphatic rings. The predicted octanol–water partition coefficient (Wildman–Crippen LogP) is 4.53. The third kappa shape index (κ3) is 7.51. The molecule has 0 fully saturated rings. The van der Waals surface area contributed by atoms with Crippen molar-refractivity contribution in [2.75, 3.05) is 6.61 Å². The molecule has 0 saturated carbocycles. The summed E-state index contributed by atoms with van der Waals surface area (Å²) in [5, 5.41) is 2.74. The Morgan fingerprint density at radius 2 is 1.88 bits per heavy atom. The first-order valence-corrected chi connectivity index (χ1v) is 8.51. The van der Waals surface area contributed by atoms with Crippen molar-refractivity contribution < 1.29 is 23.0 Å². The van der Waals surface area contributed by atoms with Gasteiger partial charge in [-0.25, -0.2) is 0 Å². The van der Waals surface area contributed by atoms with Gasteiger partial charge in [0.15, 0.2) is 0 Å². The average Bonchev–Trinajstić information content (AvgIpc) is 2.57. The number of carbonyl (C=O) groups excluding carboxylic acids is 1. The Balaban J connectivity index is 1.67. The predicted molar refractivity (Wildman–Crippen MR) is 93.8 cm³/mol. The van der Waals surface area contributed by atoms with Crippen molar-refractivity contribution in [1.82, 2.24) is 5.32 Å². The number of amides is 1. The van der Waals surface area contributed by atoms with Gasteiger partial charge in [-0.3, -0.25) is 4.79 Å². The molecule has 0 spiro atoms. The maximum Gasteiger partial charge on any atom is 0.387 e. The van der Waals surface area contributed by atoms with Crippen LogP contribution in [-0.2, 0) is 11.3 Å². The second-order valence-electron chi connectivity index (χ2n) is 5.21. The van der Waals surface area contributed by atoms with E-state index in [0.717, 1.165) is 10.2 Å². The molecule has 0 bridgehead atoms. The second kappa shape index (κ2) is 9.98. The van der Waals surface area contributed by atoms with Crippen LogP contribution in [0, 0.1) is 0 Å². The van der Waals surface area contributed by atoms with E-state index >= 15 is 0 Å². The largest absolute Gasteiger partial charge is 0.494 e. The lowest BCUT2D eigenvalue weighted by molar-refractivity contribution is -0.121. The smallest absolute Gasteiger partial charge is 0.387 e. The van der Waals surface area contributed by atoms with Crippen LogP contribution in [-0.4, -0.2) is 19.1 Å². The van der Waals surface area contributed by atoms with Crippen LogP contribution < -0.4 is 14.8 Å². The summed E-state index contributed by atoms with van der Waals surface area (Å²) in [5.41, 5.74) is 0.692. The molecule has 1 N–H and O–H groups in total. The van der Waals surface area contributed by atoms with E-state index in [4.69, 9.17) is 4.74 Å². The van der Waals surface area contributed by atoms with E-state index in [2.05, 4.69) is 26.0 Å². The first-order chi connectivity index (χ1) is 12.0. The summed E-state index contributed by atoms with van der Waals surface area (Å²) in [6.45, 7) is -2.18. The fraction of sp³-hybridized carbons (Fsp3) is 0.278. The lowest BCUT2D eigenvalue weighted by atomic mass is 10.2. The van der Waals surface area contributed by atoms with Gasteiger partial charge in [0, 0.05) is 17.4 Å². The maximum atomic E-state index is 12.2. The first kappa shape index (κ1) is 19.2. The molecule has 0 atom stereocenters. The fourth-order valence-electron chi connectivity index (χ4n) is 2.10. The Hall–Kier alpha value is -2.15. The van der Waals surface area contributed by atoms with Crippen LogP contribution in [0.4, 0.5) is 8.78 Å². The van der Waals surface area contributed by atoms with Gasteiger partial charge >= 0.3 is 6.61 Å². The molecule has 2 aromatic carbocycles. The zero-order valence-corrected chi connectivity index (χ0v) is 15.0. The molecule has 2 rings (SSSR count). The summed E-state index contributed by atoms with van der Waals surface area (Å²) in [7, 11) is 0. The van der Waals surface area contributed by atoms with Crippen molar-refractivity contribution >= 4 is 21.8 Å². The van der Waals surface area contributed by atoms with Crippen molar-refractivity contribution in [3.63, 3.8) is 0 Å². The number of alkyl halides is 2. The first-order valence-electron chi connectivity index (χ1n) is 7.72. The summed E-state index contributed by atoms with van der Waals surface area (Å²) in [4.78, 5) is 11.8. The van der Waals surface area contributed by atoms with Crippen molar-refractivity contribution in [1.29, 1.82) is 0 Å².